The van der Waals surface area contributed by atoms with Crippen LogP contribution in [0.1, 0.15) is 32.6 Å². The Morgan fingerprint density at radius 1 is 1.24 bits per heavy atom. The number of rotatable bonds is 1. The second-order valence-electron chi connectivity index (χ2n) is 4.89. The molecule has 0 bridgehead atoms. The van der Waals surface area contributed by atoms with Gasteiger partial charge in [-0.15, -0.1) is 0 Å². The SMILES string of the molecule is CC1=CC(C(F)(F)F)C(C2=CCCCC2)C=C1. The molecule has 0 aromatic carbocycles. The van der Waals surface area contributed by atoms with E-state index in [0.29, 0.717) is 5.57 Å². The van der Waals surface area contributed by atoms with Crippen LogP contribution in [0.3, 0.4) is 0 Å². The van der Waals surface area contributed by atoms with E-state index in [0.717, 1.165) is 31.3 Å². The average molecular weight is 242 g/mol. The Hall–Kier alpha value is -0.990. The molecule has 94 valence electrons. The number of hydrogen-bond donors (Lipinski definition) is 0. The quantitative estimate of drug-likeness (QED) is 0.579. The topological polar surface area (TPSA) is 0 Å². The second-order valence-corrected chi connectivity index (χ2v) is 4.89. The lowest BCUT2D eigenvalue weighted by Gasteiger charge is -2.31. The zero-order valence-electron chi connectivity index (χ0n) is 9.93. The van der Waals surface area contributed by atoms with Crippen LogP contribution in [0.15, 0.2) is 35.5 Å². The molecule has 0 nitrogen and oxygen atoms in total. The van der Waals surface area contributed by atoms with E-state index in [1.807, 2.05) is 12.2 Å². The van der Waals surface area contributed by atoms with Crippen molar-refractivity contribution in [1.29, 1.82) is 0 Å². The van der Waals surface area contributed by atoms with Gasteiger partial charge in [0.05, 0.1) is 5.92 Å². The molecule has 0 fully saturated rings. The van der Waals surface area contributed by atoms with Gasteiger partial charge in [0.1, 0.15) is 0 Å². The van der Waals surface area contributed by atoms with Crippen molar-refractivity contribution in [3.8, 4) is 0 Å². The molecule has 3 heteroatoms. The summed E-state index contributed by atoms with van der Waals surface area (Å²) in [6.45, 7) is 1.72. The molecule has 2 unspecified atom stereocenters. The Kier molecular flexibility index (Phi) is 3.45. The smallest absolute Gasteiger partial charge is 0.170 e. The number of allylic oxidation sites excluding steroid dienone is 6. The summed E-state index contributed by atoms with van der Waals surface area (Å²) in [6, 6.07) is 0. The van der Waals surface area contributed by atoms with Crippen molar-refractivity contribution in [2.75, 3.05) is 0 Å². The molecular formula is C14H17F3. The first-order valence-electron chi connectivity index (χ1n) is 6.11. The normalized spacial score (nSPS) is 29.9. The fourth-order valence-electron chi connectivity index (χ4n) is 2.64. The van der Waals surface area contributed by atoms with E-state index >= 15 is 0 Å². The summed E-state index contributed by atoms with van der Waals surface area (Å²) in [7, 11) is 0. The predicted molar refractivity (Wildman–Crippen MR) is 62.5 cm³/mol. The lowest BCUT2D eigenvalue weighted by atomic mass is 9.77. The van der Waals surface area contributed by atoms with Crippen molar-refractivity contribution in [2.24, 2.45) is 11.8 Å². The highest BCUT2D eigenvalue weighted by molar-refractivity contribution is 5.31. The molecule has 0 saturated carbocycles. The molecule has 17 heavy (non-hydrogen) atoms. The predicted octanol–water partition coefficient (Wildman–Crippen LogP) is 4.80. The third kappa shape index (κ3) is 2.82. The van der Waals surface area contributed by atoms with E-state index in [1.165, 1.54) is 6.08 Å². The van der Waals surface area contributed by atoms with Crippen LogP contribution in [-0.4, -0.2) is 6.18 Å². The summed E-state index contributed by atoms with van der Waals surface area (Å²) in [5, 5.41) is 0. The van der Waals surface area contributed by atoms with Gasteiger partial charge in [-0.1, -0.05) is 35.5 Å². The van der Waals surface area contributed by atoms with Gasteiger partial charge in [0.25, 0.3) is 0 Å². The Morgan fingerprint density at radius 2 is 2.00 bits per heavy atom. The second kappa shape index (κ2) is 4.71. The minimum absolute atomic E-state index is 0.473. The Morgan fingerprint density at radius 3 is 2.59 bits per heavy atom. The van der Waals surface area contributed by atoms with Crippen LogP contribution in [0.2, 0.25) is 0 Å². The zero-order valence-corrected chi connectivity index (χ0v) is 9.93. The fraction of sp³-hybridized carbons (Fsp3) is 0.571. The maximum atomic E-state index is 13.0. The van der Waals surface area contributed by atoms with Crippen LogP contribution >= 0.6 is 0 Å². The van der Waals surface area contributed by atoms with E-state index < -0.39 is 18.0 Å². The lowest BCUT2D eigenvalue weighted by Crippen LogP contribution is -2.31. The van der Waals surface area contributed by atoms with E-state index in [9.17, 15) is 13.2 Å². The van der Waals surface area contributed by atoms with Crippen LogP contribution in [0, 0.1) is 11.8 Å². The van der Waals surface area contributed by atoms with Crippen molar-refractivity contribution < 1.29 is 13.2 Å². The monoisotopic (exact) mass is 242 g/mol. The van der Waals surface area contributed by atoms with Gasteiger partial charge in [0, 0.05) is 5.92 Å². The molecule has 0 amide bonds. The van der Waals surface area contributed by atoms with E-state index in [4.69, 9.17) is 0 Å². The standard InChI is InChI=1S/C14H17F3/c1-10-7-8-12(11-5-3-2-4-6-11)13(9-10)14(15,16)17/h5,7-9,12-13H,2-4,6H2,1H3. The van der Waals surface area contributed by atoms with Crippen LogP contribution < -0.4 is 0 Å². The number of halogens is 3. The molecule has 0 N–H and O–H groups in total. The Labute approximate surface area is 99.9 Å². The van der Waals surface area contributed by atoms with Crippen LogP contribution in [0.25, 0.3) is 0 Å². The molecule has 2 rings (SSSR count). The molecule has 0 aliphatic heterocycles. The zero-order chi connectivity index (χ0) is 12.5. The molecule has 2 atom stereocenters. The van der Waals surface area contributed by atoms with Gasteiger partial charge in [-0.3, -0.25) is 0 Å². The van der Waals surface area contributed by atoms with Gasteiger partial charge in [0.15, 0.2) is 0 Å². The third-order valence-electron chi connectivity index (χ3n) is 3.53. The summed E-state index contributed by atoms with van der Waals surface area (Å²) < 4.78 is 39.0. The molecule has 0 spiro atoms. The first-order chi connectivity index (χ1) is 7.98. The lowest BCUT2D eigenvalue weighted by molar-refractivity contribution is -0.168. The molecule has 0 radical (unpaired) electrons. The summed E-state index contributed by atoms with van der Waals surface area (Å²) in [4.78, 5) is 0. The van der Waals surface area contributed by atoms with E-state index in [1.54, 1.807) is 13.0 Å². The fourth-order valence-corrected chi connectivity index (χ4v) is 2.64. The molecule has 0 heterocycles. The average Bonchev–Trinajstić information content (AvgIpc) is 2.29. The highest BCUT2D eigenvalue weighted by Gasteiger charge is 2.44. The molecule has 0 saturated heterocycles. The van der Waals surface area contributed by atoms with Gasteiger partial charge in [-0.25, -0.2) is 0 Å². The van der Waals surface area contributed by atoms with Gasteiger partial charge < -0.3 is 0 Å². The molecule has 0 aromatic rings. The van der Waals surface area contributed by atoms with Crippen LogP contribution in [-0.2, 0) is 0 Å². The third-order valence-corrected chi connectivity index (χ3v) is 3.53. The first kappa shape index (κ1) is 12.5. The van der Waals surface area contributed by atoms with Gasteiger partial charge in [-0.2, -0.15) is 13.2 Å². The molecule has 0 aromatic heterocycles. The minimum atomic E-state index is -4.14. The Balaban J connectivity index is 2.26. The van der Waals surface area contributed by atoms with Crippen molar-refractivity contribution in [3.05, 3.63) is 35.5 Å². The van der Waals surface area contributed by atoms with Crippen molar-refractivity contribution in [1.82, 2.24) is 0 Å². The van der Waals surface area contributed by atoms with Gasteiger partial charge >= 0.3 is 6.18 Å². The van der Waals surface area contributed by atoms with Crippen LogP contribution in [0.4, 0.5) is 13.2 Å². The summed E-state index contributed by atoms with van der Waals surface area (Å²) in [5.41, 5.74) is 1.68. The van der Waals surface area contributed by atoms with E-state index in [2.05, 4.69) is 0 Å². The van der Waals surface area contributed by atoms with Gasteiger partial charge in [0.2, 0.25) is 0 Å². The Bertz CT molecular complexity index is 371. The van der Waals surface area contributed by atoms with Crippen molar-refractivity contribution in [2.45, 2.75) is 38.8 Å². The number of alkyl halides is 3. The van der Waals surface area contributed by atoms with Gasteiger partial charge in [-0.05, 0) is 32.6 Å². The maximum Gasteiger partial charge on any atom is 0.396 e. The minimum Gasteiger partial charge on any atom is -0.170 e. The first-order valence-corrected chi connectivity index (χ1v) is 6.11. The molecule has 2 aliphatic carbocycles. The maximum absolute atomic E-state index is 13.0. The summed E-state index contributed by atoms with van der Waals surface area (Å²) >= 11 is 0. The largest absolute Gasteiger partial charge is 0.396 e. The van der Waals surface area contributed by atoms with E-state index in [-0.39, 0.29) is 0 Å². The highest BCUT2D eigenvalue weighted by Crippen LogP contribution is 2.42. The van der Waals surface area contributed by atoms with Crippen LogP contribution in [0.5, 0.6) is 0 Å². The highest BCUT2D eigenvalue weighted by atomic mass is 19.4. The van der Waals surface area contributed by atoms with Crippen molar-refractivity contribution in [3.63, 3.8) is 0 Å². The summed E-state index contributed by atoms with van der Waals surface area (Å²) in [6.07, 6.45) is 6.62. The number of hydrogen-bond acceptors (Lipinski definition) is 0. The molecular weight excluding hydrogens is 225 g/mol. The van der Waals surface area contributed by atoms with Crippen molar-refractivity contribution >= 4 is 0 Å². The summed E-state index contributed by atoms with van der Waals surface area (Å²) in [5.74, 6) is -1.81. The molecule has 2 aliphatic rings.